The predicted molar refractivity (Wildman–Crippen MR) is 66.3 cm³/mol. The molecule has 0 aliphatic carbocycles. The number of hydrogen-bond donors (Lipinski definition) is 0. The maximum Gasteiger partial charge on any atom is 0.257 e. The van der Waals surface area contributed by atoms with E-state index < -0.39 is 10.0 Å². The minimum atomic E-state index is -3.39. The van der Waals surface area contributed by atoms with Crippen molar-refractivity contribution in [2.45, 2.75) is 6.92 Å². The third-order valence-electron chi connectivity index (χ3n) is 2.59. The molecule has 0 radical (unpaired) electrons. The molecule has 0 spiro atoms. The van der Waals surface area contributed by atoms with Crippen LogP contribution in [0.1, 0.15) is 11.1 Å². The summed E-state index contributed by atoms with van der Waals surface area (Å²) in [7, 11) is -3.39. The summed E-state index contributed by atoms with van der Waals surface area (Å²) in [5.41, 5.74) is 1.45. The van der Waals surface area contributed by atoms with Gasteiger partial charge in [0.2, 0.25) is 0 Å². The molecular formula is C11H9ClN2O2S. The molecule has 1 aliphatic rings. The molecule has 1 heterocycles. The lowest BCUT2D eigenvalue weighted by molar-refractivity contribution is 0.603. The molecule has 1 aromatic rings. The molecule has 1 aromatic carbocycles. The van der Waals surface area contributed by atoms with Crippen LogP contribution in [0.4, 0.5) is 5.69 Å². The topological polar surface area (TPSA) is 61.2 Å². The van der Waals surface area contributed by atoms with Gasteiger partial charge in [-0.2, -0.15) is 5.26 Å². The molecule has 4 nitrogen and oxygen atoms in total. The molecular weight excluding hydrogens is 260 g/mol. The molecule has 0 bridgehead atoms. The third kappa shape index (κ3) is 1.90. The van der Waals surface area contributed by atoms with Crippen molar-refractivity contribution < 1.29 is 8.42 Å². The van der Waals surface area contributed by atoms with Crippen molar-refractivity contribution in [2.24, 2.45) is 0 Å². The van der Waals surface area contributed by atoms with Gasteiger partial charge < -0.3 is 0 Å². The molecule has 1 aliphatic heterocycles. The Hall–Kier alpha value is -1.51. The largest absolute Gasteiger partial charge is 0.263 e. The van der Waals surface area contributed by atoms with Crippen LogP contribution in [0.3, 0.4) is 0 Å². The molecule has 0 saturated carbocycles. The summed E-state index contributed by atoms with van der Waals surface area (Å²) in [5.74, 6) is 0. The molecule has 17 heavy (non-hydrogen) atoms. The Morgan fingerprint density at radius 1 is 1.47 bits per heavy atom. The molecule has 0 amide bonds. The van der Waals surface area contributed by atoms with Gasteiger partial charge in [0.15, 0.2) is 0 Å². The number of halogens is 1. The maximum atomic E-state index is 11.7. The first-order chi connectivity index (χ1) is 7.97. The smallest absolute Gasteiger partial charge is 0.257 e. The van der Waals surface area contributed by atoms with E-state index in [0.29, 0.717) is 28.4 Å². The van der Waals surface area contributed by atoms with E-state index in [1.807, 2.05) is 6.07 Å². The maximum absolute atomic E-state index is 11.7. The zero-order valence-corrected chi connectivity index (χ0v) is 10.6. The Bertz CT molecular complexity index is 644. The monoisotopic (exact) mass is 268 g/mol. The lowest BCUT2D eigenvalue weighted by Crippen LogP contribution is -2.25. The van der Waals surface area contributed by atoms with E-state index in [-0.39, 0.29) is 0 Å². The Labute approximate surface area is 105 Å². The fourth-order valence-electron chi connectivity index (χ4n) is 1.70. The Kier molecular flexibility index (Phi) is 2.86. The summed E-state index contributed by atoms with van der Waals surface area (Å²) in [4.78, 5) is 0. The third-order valence-corrected chi connectivity index (χ3v) is 4.58. The summed E-state index contributed by atoms with van der Waals surface area (Å²) in [5, 5.41) is 10.3. The summed E-state index contributed by atoms with van der Waals surface area (Å²) in [6.07, 6.45) is 1.57. The van der Waals surface area contributed by atoms with E-state index in [1.54, 1.807) is 19.1 Å². The van der Waals surface area contributed by atoms with Crippen LogP contribution in [0.15, 0.2) is 23.6 Å². The second-order valence-electron chi connectivity index (χ2n) is 3.63. The van der Waals surface area contributed by atoms with Crippen LogP contribution in [-0.2, 0) is 10.0 Å². The van der Waals surface area contributed by atoms with Gasteiger partial charge in [0, 0.05) is 5.41 Å². The highest BCUT2D eigenvalue weighted by Gasteiger charge is 2.25. The molecule has 0 atom stereocenters. The van der Waals surface area contributed by atoms with Gasteiger partial charge in [0.05, 0.1) is 22.8 Å². The van der Waals surface area contributed by atoms with Gasteiger partial charge in [-0.3, -0.25) is 4.31 Å². The van der Waals surface area contributed by atoms with E-state index in [0.717, 1.165) is 0 Å². The lowest BCUT2D eigenvalue weighted by atomic mass is 10.1. The van der Waals surface area contributed by atoms with Crippen LogP contribution < -0.4 is 4.31 Å². The fourth-order valence-corrected chi connectivity index (χ4v) is 3.15. The van der Waals surface area contributed by atoms with E-state index in [4.69, 9.17) is 16.9 Å². The van der Waals surface area contributed by atoms with Crippen molar-refractivity contribution in [1.82, 2.24) is 0 Å². The molecule has 0 aromatic heterocycles. The van der Waals surface area contributed by atoms with Crippen LogP contribution in [0.5, 0.6) is 0 Å². The fraction of sp³-hybridized carbons (Fsp3) is 0.182. The van der Waals surface area contributed by atoms with Gasteiger partial charge in [-0.1, -0.05) is 17.7 Å². The van der Waals surface area contributed by atoms with E-state index in [2.05, 4.69) is 0 Å². The predicted octanol–water partition coefficient (Wildman–Crippen LogP) is 2.18. The SMILES string of the molecule is Cc1c(N2CC=CS2(=O)=O)ccc(C#N)c1Cl. The quantitative estimate of drug-likeness (QED) is 0.784. The van der Waals surface area contributed by atoms with Gasteiger partial charge in [-0.15, -0.1) is 0 Å². The van der Waals surface area contributed by atoms with E-state index in [9.17, 15) is 8.42 Å². The van der Waals surface area contributed by atoms with Crippen LogP contribution in [0, 0.1) is 18.3 Å². The lowest BCUT2D eigenvalue weighted by Gasteiger charge is -2.20. The van der Waals surface area contributed by atoms with E-state index >= 15 is 0 Å². The number of benzene rings is 1. The number of nitriles is 1. The summed E-state index contributed by atoms with van der Waals surface area (Å²) >= 11 is 6.01. The number of hydrogen-bond acceptors (Lipinski definition) is 3. The normalized spacial score (nSPS) is 17.1. The Balaban J connectivity index is 2.57. The highest BCUT2D eigenvalue weighted by atomic mass is 35.5. The highest BCUT2D eigenvalue weighted by molar-refractivity contribution is 7.95. The summed E-state index contributed by atoms with van der Waals surface area (Å²) < 4.78 is 24.7. The average Bonchev–Trinajstić information content (AvgIpc) is 2.62. The van der Waals surface area contributed by atoms with Gasteiger partial charge in [-0.05, 0) is 24.6 Å². The minimum absolute atomic E-state index is 0.297. The first-order valence-electron chi connectivity index (χ1n) is 4.86. The first-order valence-corrected chi connectivity index (χ1v) is 6.74. The van der Waals surface area contributed by atoms with Crippen LogP contribution >= 0.6 is 11.6 Å². The van der Waals surface area contributed by atoms with Gasteiger partial charge >= 0.3 is 0 Å². The first kappa shape index (κ1) is 12.0. The molecule has 0 saturated heterocycles. The molecule has 6 heteroatoms. The van der Waals surface area contributed by atoms with Gasteiger partial charge in [0.25, 0.3) is 10.0 Å². The zero-order valence-electron chi connectivity index (χ0n) is 9.01. The highest BCUT2D eigenvalue weighted by Crippen LogP contribution is 2.32. The zero-order chi connectivity index (χ0) is 12.6. The van der Waals surface area contributed by atoms with Crippen LogP contribution in [0.25, 0.3) is 0 Å². The molecule has 2 rings (SSSR count). The molecule has 0 fully saturated rings. The summed E-state index contributed by atoms with van der Waals surface area (Å²) in [6, 6.07) is 5.09. The van der Waals surface area contributed by atoms with Gasteiger partial charge in [-0.25, -0.2) is 8.42 Å². The van der Waals surface area contributed by atoms with Crippen molar-refractivity contribution in [3.05, 3.63) is 39.8 Å². The number of nitrogens with zero attached hydrogens (tertiary/aromatic N) is 2. The van der Waals surface area contributed by atoms with Crippen molar-refractivity contribution >= 4 is 27.3 Å². The number of anilines is 1. The Morgan fingerprint density at radius 2 is 2.18 bits per heavy atom. The number of sulfonamides is 1. The minimum Gasteiger partial charge on any atom is -0.263 e. The van der Waals surface area contributed by atoms with Crippen LogP contribution in [-0.4, -0.2) is 15.0 Å². The second-order valence-corrected chi connectivity index (χ2v) is 5.75. The van der Waals surface area contributed by atoms with Gasteiger partial charge in [0.1, 0.15) is 6.07 Å². The molecule has 0 unspecified atom stereocenters. The van der Waals surface area contributed by atoms with Crippen molar-refractivity contribution in [2.75, 3.05) is 10.8 Å². The molecule has 0 N–H and O–H groups in total. The summed E-state index contributed by atoms with van der Waals surface area (Å²) in [6.45, 7) is 2.00. The van der Waals surface area contributed by atoms with Crippen LogP contribution in [0.2, 0.25) is 5.02 Å². The van der Waals surface area contributed by atoms with Crippen molar-refractivity contribution in [1.29, 1.82) is 5.26 Å². The van der Waals surface area contributed by atoms with Crippen molar-refractivity contribution in [3.63, 3.8) is 0 Å². The second kappa shape index (κ2) is 4.06. The average molecular weight is 269 g/mol. The molecule has 88 valence electrons. The Morgan fingerprint density at radius 3 is 2.71 bits per heavy atom. The standard InChI is InChI=1S/C11H9ClN2O2S/c1-8-10(4-3-9(7-13)11(8)12)14-5-2-6-17(14,15)16/h2-4,6H,5H2,1H3. The van der Waals surface area contributed by atoms with E-state index in [1.165, 1.54) is 15.8 Å². The number of rotatable bonds is 1. The van der Waals surface area contributed by atoms with Crippen molar-refractivity contribution in [3.8, 4) is 6.07 Å².